The Kier molecular flexibility index (Phi) is 5.80. The number of hydrogen-bond donors (Lipinski definition) is 0. The van der Waals surface area contributed by atoms with Gasteiger partial charge < -0.3 is 4.52 Å². The van der Waals surface area contributed by atoms with Crippen molar-refractivity contribution in [3.63, 3.8) is 0 Å². The molecule has 0 unspecified atom stereocenters. The Morgan fingerprint density at radius 1 is 1.30 bits per heavy atom. The van der Waals surface area contributed by atoms with Crippen LogP contribution in [-0.2, 0) is 22.4 Å². The molecule has 1 aliphatic rings. The second-order valence-electron chi connectivity index (χ2n) is 6.98. The minimum absolute atomic E-state index is 0.155. The van der Waals surface area contributed by atoms with Crippen LogP contribution in [0.4, 0.5) is 0 Å². The van der Waals surface area contributed by atoms with Crippen LogP contribution in [-0.4, -0.2) is 21.3 Å². The molecule has 2 aromatic heterocycles. The number of hydrogen-bond acceptors (Lipinski definition) is 7. The van der Waals surface area contributed by atoms with Crippen molar-refractivity contribution in [2.45, 2.75) is 52.9 Å². The average molecular weight is 335 g/mol. The second-order valence-corrected chi connectivity index (χ2v) is 7.84. The van der Waals surface area contributed by atoms with Crippen LogP contribution in [0.3, 0.4) is 0 Å². The molecule has 23 heavy (non-hydrogen) atoms. The van der Waals surface area contributed by atoms with E-state index < -0.39 is 0 Å². The van der Waals surface area contributed by atoms with Crippen LogP contribution in [0.1, 0.15) is 51.6 Å². The van der Waals surface area contributed by atoms with E-state index in [9.17, 15) is 0 Å². The molecule has 1 saturated carbocycles. The minimum atomic E-state index is 0.155. The minimum Gasteiger partial charge on any atom is -0.339 e. The van der Waals surface area contributed by atoms with Gasteiger partial charge in [0.25, 0.3) is 0 Å². The summed E-state index contributed by atoms with van der Waals surface area (Å²) in [6.45, 7) is 6.49. The fourth-order valence-electron chi connectivity index (χ4n) is 2.36. The molecule has 3 rings (SSSR count). The van der Waals surface area contributed by atoms with Crippen molar-refractivity contribution >= 4 is 17.5 Å². The van der Waals surface area contributed by atoms with Gasteiger partial charge in [0.05, 0.1) is 5.69 Å². The lowest BCUT2D eigenvalue weighted by Crippen LogP contribution is -2.13. The zero-order valence-corrected chi connectivity index (χ0v) is 14.5. The van der Waals surface area contributed by atoms with Crippen molar-refractivity contribution in [2.24, 2.45) is 11.3 Å². The Labute approximate surface area is 139 Å². The van der Waals surface area contributed by atoms with Gasteiger partial charge in [-0.15, -0.1) is 11.3 Å². The van der Waals surface area contributed by atoms with Gasteiger partial charge >= 0.3 is 6.15 Å². The van der Waals surface area contributed by atoms with Crippen molar-refractivity contribution < 1.29 is 14.1 Å². The molecule has 6 nitrogen and oxygen atoms in total. The molecule has 0 aliphatic heterocycles. The third-order valence-corrected chi connectivity index (χ3v) is 4.50. The normalized spacial score (nSPS) is 14.6. The topological polar surface area (TPSA) is 85.9 Å². The van der Waals surface area contributed by atoms with E-state index in [-0.39, 0.29) is 11.6 Å². The zero-order chi connectivity index (χ0) is 16.9. The van der Waals surface area contributed by atoms with E-state index in [0.29, 0.717) is 11.7 Å². The van der Waals surface area contributed by atoms with Gasteiger partial charge in [0, 0.05) is 11.8 Å². The third kappa shape index (κ3) is 5.37. The van der Waals surface area contributed by atoms with Gasteiger partial charge in [0.2, 0.25) is 11.7 Å². The fraction of sp³-hybridized carbons (Fsp3) is 0.625. The highest BCUT2D eigenvalue weighted by Gasteiger charge is 2.21. The molecule has 0 amide bonds. The Morgan fingerprint density at radius 3 is 2.57 bits per heavy atom. The molecule has 0 N–H and O–H groups in total. The molecule has 7 heteroatoms. The standard InChI is InChI=1S/C15H21N3OS.CO2/c1-15(2,3)8-12-17-13(18-19-12)14-16-11(9-20-14)7-10-5-4-6-10;2-1-3/h9-10H,4-8H2,1-3H3;. The van der Waals surface area contributed by atoms with Crippen molar-refractivity contribution in [1.29, 1.82) is 0 Å². The van der Waals surface area contributed by atoms with Gasteiger partial charge in [-0.3, -0.25) is 0 Å². The first-order chi connectivity index (χ1) is 10.9. The van der Waals surface area contributed by atoms with E-state index in [2.05, 4.69) is 41.3 Å². The van der Waals surface area contributed by atoms with Gasteiger partial charge in [0.1, 0.15) is 0 Å². The lowest BCUT2D eigenvalue weighted by molar-refractivity contribution is -0.191. The molecule has 0 atom stereocenters. The van der Waals surface area contributed by atoms with E-state index >= 15 is 0 Å². The molecule has 2 heterocycles. The van der Waals surface area contributed by atoms with Crippen molar-refractivity contribution in [3.8, 4) is 10.8 Å². The van der Waals surface area contributed by atoms with Crippen molar-refractivity contribution in [3.05, 3.63) is 17.0 Å². The first-order valence-corrected chi connectivity index (χ1v) is 8.56. The molecule has 0 spiro atoms. The second kappa shape index (κ2) is 7.62. The van der Waals surface area contributed by atoms with Gasteiger partial charge in [-0.1, -0.05) is 45.2 Å². The predicted octanol–water partition coefficient (Wildman–Crippen LogP) is 3.54. The van der Waals surface area contributed by atoms with E-state index in [1.807, 2.05) is 0 Å². The van der Waals surface area contributed by atoms with Crippen LogP contribution in [0, 0.1) is 11.3 Å². The Balaban J connectivity index is 0.000000595. The van der Waals surface area contributed by atoms with E-state index in [4.69, 9.17) is 14.1 Å². The summed E-state index contributed by atoms with van der Waals surface area (Å²) in [5.41, 5.74) is 1.33. The van der Waals surface area contributed by atoms with Crippen LogP contribution in [0.2, 0.25) is 0 Å². The number of rotatable bonds is 4. The summed E-state index contributed by atoms with van der Waals surface area (Å²) in [6, 6.07) is 0. The molecule has 0 saturated heterocycles. The summed E-state index contributed by atoms with van der Waals surface area (Å²) in [4.78, 5) is 25.4. The summed E-state index contributed by atoms with van der Waals surface area (Å²) in [5, 5.41) is 7.07. The van der Waals surface area contributed by atoms with E-state index in [1.54, 1.807) is 11.3 Å². The summed E-state index contributed by atoms with van der Waals surface area (Å²) < 4.78 is 5.32. The summed E-state index contributed by atoms with van der Waals surface area (Å²) >= 11 is 1.61. The van der Waals surface area contributed by atoms with Crippen LogP contribution in [0.15, 0.2) is 9.90 Å². The summed E-state index contributed by atoms with van der Waals surface area (Å²) in [7, 11) is 0. The lowest BCUT2D eigenvalue weighted by Gasteiger charge is -2.24. The van der Waals surface area contributed by atoms with Crippen LogP contribution >= 0.6 is 11.3 Å². The molecule has 1 fully saturated rings. The Bertz CT molecular complexity index is 662. The van der Waals surface area contributed by atoms with E-state index in [0.717, 1.165) is 23.8 Å². The molecule has 0 bridgehead atoms. The lowest BCUT2D eigenvalue weighted by atomic mass is 9.82. The number of nitrogens with zero attached hydrogens (tertiary/aromatic N) is 3. The fourth-order valence-corrected chi connectivity index (χ4v) is 3.12. The van der Waals surface area contributed by atoms with E-state index in [1.165, 1.54) is 25.0 Å². The zero-order valence-electron chi connectivity index (χ0n) is 13.7. The summed E-state index contributed by atoms with van der Waals surface area (Å²) in [6.07, 6.45) is 6.22. The van der Waals surface area contributed by atoms with Crippen LogP contribution in [0.25, 0.3) is 10.8 Å². The number of carbonyl (C=O) groups excluding carboxylic acids is 2. The Hall–Kier alpha value is -1.85. The highest BCUT2D eigenvalue weighted by molar-refractivity contribution is 7.13. The van der Waals surface area contributed by atoms with Gasteiger partial charge in [-0.05, 0) is 17.8 Å². The first-order valence-electron chi connectivity index (χ1n) is 7.68. The van der Waals surface area contributed by atoms with Gasteiger partial charge in [-0.2, -0.15) is 14.6 Å². The van der Waals surface area contributed by atoms with Crippen molar-refractivity contribution in [1.82, 2.24) is 15.1 Å². The largest absolute Gasteiger partial charge is 0.373 e. The SMILES string of the molecule is CC(C)(C)Cc1nc(-c2nc(CC3CCC3)cs2)no1.O=C=O. The molecule has 124 valence electrons. The van der Waals surface area contributed by atoms with Crippen LogP contribution < -0.4 is 0 Å². The number of aromatic nitrogens is 3. The number of thiazole rings is 1. The predicted molar refractivity (Wildman–Crippen MR) is 84.6 cm³/mol. The van der Waals surface area contributed by atoms with Gasteiger partial charge in [-0.25, -0.2) is 4.98 Å². The maximum atomic E-state index is 8.12. The molecule has 2 aromatic rings. The molecular formula is C16H21N3O3S. The quantitative estimate of drug-likeness (QED) is 0.849. The monoisotopic (exact) mass is 335 g/mol. The molecular weight excluding hydrogens is 314 g/mol. The Morgan fingerprint density at radius 2 is 2.00 bits per heavy atom. The molecule has 0 radical (unpaired) electrons. The first kappa shape index (κ1) is 17.5. The maximum absolute atomic E-state index is 8.12. The maximum Gasteiger partial charge on any atom is 0.373 e. The van der Waals surface area contributed by atoms with Crippen molar-refractivity contribution in [2.75, 3.05) is 0 Å². The highest BCUT2D eigenvalue weighted by Crippen LogP contribution is 2.31. The third-order valence-electron chi connectivity index (χ3n) is 3.62. The van der Waals surface area contributed by atoms with Crippen LogP contribution in [0.5, 0.6) is 0 Å². The summed E-state index contributed by atoms with van der Waals surface area (Å²) in [5.74, 6) is 2.17. The average Bonchev–Trinajstić information content (AvgIpc) is 3.01. The van der Waals surface area contributed by atoms with Gasteiger partial charge in [0.15, 0.2) is 5.01 Å². The smallest absolute Gasteiger partial charge is 0.339 e. The highest BCUT2D eigenvalue weighted by atomic mass is 32.1. The molecule has 1 aliphatic carbocycles. The molecule has 0 aromatic carbocycles.